The molecule has 0 radical (unpaired) electrons. The lowest BCUT2D eigenvalue weighted by atomic mass is 9.43. The van der Waals surface area contributed by atoms with Crippen molar-refractivity contribution in [2.24, 2.45) is 22.7 Å². The van der Waals surface area contributed by atoms with Crippen LogP contribution in [0.3, 0.4) is 0 Å². The zero-order chi connectivity index (χ0) is 23.6. The van der Waals surface area contributed by atoms with E-state index in [2.05, 4.69) is 6.07 Å². The molecule has 1 N–H and O–H groups in total. The van der Waals surface area contributed by atoms with Gasteiger partial charge < -0.3 is 19.3 Å². The van der Waals surface area contributed by atoms with Gasteiger partial charge in [0, 0.05) is 23.2 Å². The smallest absolute Gasteiger partial charge is 0.209 e. The molecule has 180 valence electrons. The number of ketones is 1. The molecule has 0 amide bonds. The van der Waals surface area contributed by atoms with E-state index in [1.54, 1.807) is 6.92 Å². The molecule has 0 spiro atoms. The summed E-state index contributed by atoms with van der Waals surface area (Å²) in [5, 5.41) is 21.6. The first kappa shape index (κ1) is 22.1. The fourth-order valence-electron chi connectivity index (χ4n) is 8.75. The number of halogens is 2. The van der Waals surface area contributed by atoms with E-state index >= 15 is 8.78 Å². The van der Waals surface area contributed by atoms with Gasteiger partial charge in [0.05, 0.1) is 18.8 Å². The third-order valence-electron chi connectivity index (χ3n) is 10.4. The van der Waals surface area contributed by atoms with Gasteiger partial charge in [-0.05, 0) is 49.7 Å². The van der Waals surface area contributed by atoms with Crippen LogP contribution < -0.4 is 0 Å². The van der Waals surface area contributed by atoms with Gasteiger partial charge in [-0.25, -0.2) is 8.78 Å². The van der Waals surface area contributed by atoms with E-state index in [-0.39, 0.29) is 49.6 Å². The number of nitriles is 1. The zero-order valence-corrected chi connectivity index (χ0v) is 19.3. The summed E-state index contributed by atoms with van der Waals surface area (Å²) in [7, 11) is 0. The van der Waals surface area contributed by atoms with Crippen LogP contribution in [0.4, 0.5) is 8.78 Å². The molecule has 0 aromatic carbocycles. The van der Waals surface area contributed by atoms with Crippen molar-refractivity contribution in [2.75, 3.05) is 6.61 Å². The predicted octanol–water partition coefficient (Wildman–Crippen LogP) is 3.32. The second kappa shape index (κ2) is 6.42. The number of carbonyl (C=O) groups is 1. The van der Waals surface area contributed by atoms with E-state index in [1.165, 1.54) is 6.08 Å². The number of epoxide rings is 1. The molecule has 33 heavy (non-hydrogen) atoms. The van der Waals surface area contributed by atoms with Gasteiger partial charge in [-0.15, -0.1) is 0 Å². The van der Waals surface area contributed by atoms with Crippen LogP contribution >= 0.6 is 0 Å². The van der Waals surface area contributed by atoms with Crippen LogP contribution in [0, 0.1) is 34.0 Å². The van der Waals surface area contributed by atoms with Gasteiger partial charge >= 0.3 is 0 Å². The largest absolute Gasteiger partial charge is 0.390 e. The average Bonchev–Trinajstić information content (AvgIpc) is 3.43. The Bertz CT molecular complexity index is 992. The summed E-state index contributed by atoms with van der Waals surface area (Å²) in [6.45, 7) is 5.74. The lowest BCUT2D eigenvalue weighted by Crippen LogP contribution is -2.72. The first-order chi connectivity index (χ1) is 15.5. The van der Waals surface area contributed by atoms with Gasteiger partial charge in [0.1, 0.15) is 23.5 Å². The molecular weight excluding hydrogens is 432 g/mol. The molecule has 8 heteroatoms. The summed E-state index contributed by atoms with van der Waals surface area (Å²) in [5.74, 6) is -1.34. The Morgan fingerprint density at radius 2 is 2.03 bits per heavy atom. The lowest BCUT2D eigenvalue weighted by Gasteiger charge is -2.64. The first-order valence-electron chi connectivity index (χ1n) is 12.2. The summed E-state index contributed by atoms with van der Waals surface area (Å²) in [6.07, 6.45) is -1.30. The molecule has 2 saturated heterocycles. The quantitative estimate of drug-likeness (QED) is 0.632. The highest BCUT2D eigenvalue weighted by atomic mass is 19.1. The monoisotopic (exact) mass is 463 g/mol. The summed E-state index contributed by atoms with van der Waals surface area (Å²) < 4.78 is 51.4. The highest BCUT2D eigenvalue weighted by molar-refractivity contribution is 5.92. The van der Waals surface area contributed by atoms with E-state index in [0.717, 1.165) is 0 Å². The third kappa shape index (κ3) is 2.24. The van der Waals surface area contributed by atoms with Gasteiger partial charge in [-0.3, -0.25) is 4.79 Å². The van der Waals surface area contributed by atoms with Gasteiger partial charge in [0.2, 0.25) is 5.60 Å². The van der Waals surface area contributed by atoms with E-state index in [0.29, 0.717) is 12.8 Å². The Kier molecular flexibility index (Phi) is 4.30. The van der Waals surface area contributed by atoms with Gasteiger partial charge in [-0.2, -0.15) is 5.26 Å². The first-order valence-corrected chi connectivity index (χ1v) is 12.2. The highest BCUT2D eigenvalue weighted by Gasteiger charge is 2.85. The molecule has 2 heterocycles. The van der Waals surface area contributed by atoms with Crippen LogP contribution in [0.5, 0.6) is 0 Å². The Labute approximate surface area is 192 Å². The molecule has 4 aliphatic carbocycles. The van der Waals surface area contributed by atoms with Crippen molar-refractivity contribution >= 4 is 5.78 Å². The molecule has 3 saturated carbocycles. The Morgan fingerprint density at radius 1 is 1.30 bits per heavy atom. The molecule has 0 bridgehead atoms. The fraction of sp³-hybridized carbons (Fsp3) is 0.840. The molecule has 0 aromatic heterocycles. The Hall–Kier alpha value is -1.40. The topological polar surface area (TPSA) is 92.1 Å². The second-order valence-corrected chi connectivity index (χ2v) is 11.5. The number of allylic oxidation sites excluding steroid dienone is 1. The van der Waals surface area contributed by atoms with Crippen molar-refractivity contribution in [1.29, 1.82) is 5.26 Å². The molecule has 6 nitrogen and oxygen atoms in total. The standard InChI is InChI=1S/C25H31F2NO5/c1-4-20-32-19-9-14-15-8-17(26)16-7-13(29)5-6-21(16,2)24(15,27)18(30)10-22(14,3)25(19,33-20)23(11-28)12-31-23/h7,14-15,17-20,30H,4-6,8-10,12H2,1-3H3/t14-,15-,17-,18-,19+,20?,21-,22-,23?,24-,25+/m0/s1. The summed E-state index contributed by atoms with van der Waals surface area (Å²) in [4.78, 5) is 12.1. The number of hydrogen-bond acceptors (Lipinski definition) is 6. The molecule has 0 aromatic rings. The van der Waals surface area contributed by atoms with E-state index in [4.69, 9.17) is 14.2 Å². The minimum atomic E-state index is -2.08. The average molecular weight is 464 g/mol. The van der Waals surface area contributed by atoms with Crippen molar-refractivity contribution in [3.05, 3.63) is 11.6 Å². The lowest BCUT2D eigenvalue weighted by molar-refractivity contribution is -0.251. The normalized spacial score (nSPS) is 59.1. The van der Waals surface area contributed by atoms with Gasteiger partial charge in [-0.1, -0.05) is 20.8 Å². The van der Waals surface area contributed by atoms with Crippen LogP contribution in [-0.2, 0) is 19.0 Å². The number of aliphatic hydroxyl groups excluding tert-OH is 1. The predicted molar refractivity (Wildman–Crippen MR) is 111 cm³/mol. The molecule has 11 atom stereocenters. The Morgan fingerprint density at radius 3 is 2.67 bits per heavy atom. The minimum absolute atomic E-state index is 0.0571. The van der Waals surface area contributed by atoms with Crippen LogP contribution in [0.15, 0.2) is 11.6 Å². The number of hydrogen-bond donors (Lipinski definition) is 1. The van der Waals surface area contributed by atoms with Crippen molar-refractivity contribution in [3.63, 3.8) is 0 Å². The van der Waals surface area contributed by atoms with Crippen molar-refractivity contribution in [1.82, 2.24) is 0 Å². The number of nitrogens with zero attached hydrogens (tertiary/aromatic N) is 1. The van der Waals surface area contributed by atoms with Crippen LogP contribution in [0.2, 0.25) is 0 Å². The minimum Gasteiger partial charge on any atom is -0.390 e. The highest BCUT2D eigenvalue weighted by Crippen LogP contribution is 2.75. The molecular formula is C25H31F2NO5. The maximum Gasteiger partial charge on any atom is 0.209 e. The summed E-state index contributed by atoms with van der Waals surface area (Å²) in [5.41, 5.74) is -6.35. The molecule has 6 aliphatic rings. The summed E-state index contributed by atoms with van der Waals surface area (Å²) in [6, 6.07) is 2.30. The molecule has 2 unspecified atom stereocenters. The number of fused-ring (bicyclic) bond motifs is 7. The zero-order valence-electron chi connectivity index (χ0n) is 19.3. The summed E-state index contributed by atoms with van der Waals surface area (Å²) >= 11 is 0. The van der Waals surface area contributed by atoms with Crippen LogP contribution in [-0.4, -0.2) is 59.0 Å². The van der Waals surface area contributed by atoms with Crippen LogP contribution in [0.25, 0.3) is 0 Å². The van der Waals surface area contributed by atoms with E-state index in [9.17, 15) is 15.2 Å². The van der Waals surface area contributed by atoms with Crippen molar-refractivity contribution in [2.45, 2.75) is 101 Å². The maximum absolute atomic E-state index is 17.3. The molecule has 6 rings (SSSR count). The van der Waals surface area contributed by atoms with Crippen molar-refractivity contribution < 1.29 is 32.9 Å². The van der Waals surface area contributed by atoms with E-state index < -0.39 is 58.3 Å². The van der Waals surface area contributed by atoms with Gasteiger partial charge in [0.25, 0.3) is 0 Å². The fourth-order valence-corrected chi connectivity index (χ4v) is 8.75. The molecule has 5 fully saturated rings. The van der Waals surface area contributed by atoms with Crippen molar-refractivity contribution in [3.8, 4) is 6.07 Å². The Balaban J connectivity index is 1.49. The SMILES string of the molecule is CCC1O[C@@H]2C[C@H]3[C@@H]4C[C@H](F)C5=CC(=O)CC[C@]5(C)[C@@]4(F)[C@@H](O)C[C@]3(C)[C@]2(C2(C#N)CO2)O1. The van der Waals surface area contributed by atoms with E-state index in [1.807, 2.05) is 13.8 Å². The third-order valence-corrected chi connectivity index (χ3v) is 10.4. The number of rotatable bonds is 2. The van der Waals surface area contributed by atoms with Crippen LogP contribution in [0.1, 0.15) is 59.3 Å². The second-order valence-electron chi connectivity index (χ2n) is 11.5. The number of ether oxygens (including phenoxy) is 3. The number of aliphatic hydroxyl groups is 1. The number of alkyl halides is 2. The number of carbonyl (C=O) groups excluding carboxylic acids is 1. The molecule has 2 aliphatic heterocycles. The van der Waals surface area contributed by atoms with Gasteiger partial charge in [0.15, 0.2) is 12.1 Å². The maximum atomic E-state index is 17.3.